The van der Waals surface area contributed by atoms with Crippen LogP contribution in [-0.4, -0.2) is 25.9 Å². The van der Waals surface area contributed by atoms with Crippen LogP contribution in [0.2, 0.25) is 0 Å². The van der Waals surface area contributed by atoms with Gasteiger partial charge in [0.25, 0.3) is 5.91 Å². The van der Waals surface area contributed by atoms with E-state index in [9.17, 15) is 4.79 Å². The molecule has 0 spiro atoms. The first kappa shape index (κ1) is 12.0. The molecule has 0 atom stereocenters. The van der Waals surface area contributed by atoms with E-state index in [0.29, 0.717) is 28.5 Å². The molecule has 0 aliphatic heterocycles. The van der Waals surface area contributed by atoms with Gasteiger partial charge < -0.3 is 11.1 Å². The lowest BCUT2D eigenvalue weighted by Gasteiger charge is -2.08. The molecule has 0 saturated carbocycles. The maximum Gasteiger partial charge on any atom is 0.258 e. The van der Waals surface area contributed by atoms with Crippen molar-refractivity contribution in [2.24, 2.45) is 7.05 Å². The summed E-state index contributed by atoms with van der Waals surface area (Å²) in [6.45, 7) is 3.51. The monoisotopic (exact) mass is 246 g/mol. The highest BCUT2D eigenvalue weighted by atomic mass is 16.1. The molecule has 3 N–H and O–H groups in total. The van der Waals surface area contributed by atoms with Gasteiger partial charge in [-0.25, -0.2) is 0 Å². The molecule has 1 amide bonds. The molecule has 7 heteroatoms. The Morgan fingerprint density at radius 3 is 2.72 bits per heavy atom. The average Bonchev–Trinajstić information content (AvgIpc) is 2.64. The van der Waals surface area contributed by atoms with Gasteiger partial charge in [-0.1, -0.05) is 0 Å². The zero-order valence-corrected chi connectivity index (χ0v) is 10.4. The number of amides is 1. The van der Waals surface area contributed by atoms with Crippen LogP contribution >= 0.6 is 0 Å². The van der Waals surface area contributed by atoms with Crippen molar-refractivity contribution in [1.82, 2.24) is 20.0 Å². The molecular formula is C11H14N6O. The van der Waals surface area contributed by atoms with Crippen LogP contribution in [0.5, 0.6) is 0 Å². The molecule has 18 heavy (non-hydrogen) atoms. The molecular weight excluding hydrogens is 232 g/mol. The Bertz CT molecular complexity index is 584. The summed E-state index contributed by atoms with van der Waals surface area (Å²) in [4.78, 5) is 12.1. The molecule has 0 bridgehead atoms. The Balaban J connectivity index is 2.30. The third-order valence-electron chi connectivity index (χ3n) is 2.54. The molecule has 7 nitrogen and oxygen atoms in total. The molecule has 0 unspecified atom stereocenters. The van der Waals surface area contributed by atoms with Gasteiger partial charge in [-0.05, 0) is 19.9 Å². The first-order valence-electron chi connectivity index (χ1n) is 5.39. The predicted octanol–water partition coefficient (Wildman–Crippen LogP) is 0.661. The van der Waals surface area contributed by atoms with Crippen LogP contribution in [0.4, 0.5) is 11.5 Å². The number of aryl methyl sites for hydroxylation is 3. The fourth-order valence-electron chi connectivity index (χ4n) is 1.56. The van der Waals surface area contributed by atoms with E-state index in [0.717, 1.165) is 0 Å². The number of hydrogen-bond donors (Lipinski definition) is 2. The smallest absolute Gasteiger partial charge is 0.258 e. The lowest BCUT2D eigenvalue weighted by molar-refractivity contribution is 0.102. The number of rotatable bonds is 2. The van der Waals surface area contributed by atoms with Crippen molar-refractivity contribution in [1.29, 1.82) is 0 Å². The van der Waals surface area contributed by atoms with Gasteiger partial charge in [0.05, 0.1) is 28.8 Å². The number of carbonyl (C=O) groups is 1. The van der Waals surface area contributed by atoms with Gasteiger partial charge in [-0.15, -0.1) is 0 Å². The van der Waals surface area contributed by atoms with Crippen LogP contribution in [0, 0.1) is 13.8 Å². The van der Waals surface area contributed by atoms with Crippen LogP contribution in [0.1, 0.15) is 21.7 Å². The minimum Gasteiger partial charge on any atom is -0.394 e. The second-order valence-electron chi connectivity index (χ2n) is 4.01. The molecule has 0 saturated heterocycles. The zero-order chi connectivity index (χ0) is 13.3. The standard InChI is InChI=1S/C11H14N6O/c1-6-4-8(7(2)16-15-6)11(18)14-10-9(12)5-13-17(10)3/h4-5H,12H2,1-3H3,(H,14,18). The average molecular weight is 246 g/mol. The fourth-order valence-corrected chi connectivity index (χ4v) is 1.56. The second kappa shape index (κ2) is 4.44. The van der Waals surface area contributed by atoms with Gasteiger partial charge in [0.1, 0.15) is 0 Å². The first-order chi connectivity index (χ1) is 8.49. The van der Waals surface area contributed by atoms with Crippen molar-refractivity contribution >= 4 is 17.4 Å². The van der Waals surface area contributed by atoms with E-state index in [1.807, 2.05) is 0 Å². The molecule has 94 valence electrons. The van der Waals surface area contributed by atoms with Crippen molar-refractivity contribution in [3.63, 3.8) is 0 Å². The summed E-state index contributed by atoms with van der Waals surface area (Å²) in [5.74, 6) is 0.190. The van der Waals surface area contributed by atoms with Crippen LogP contribution in [0.25, 0.3) is 0 Å². The minimum absolute atomic E-state index is 0.277. The highest BCUT2D eigenvalue weighted by Gasteiger charge is 2.14. The summed E-state index contributed by atoms with van der Waals surface area (Å²) < 4.78 is 1.50. The number of nitrogens with two attached hydrogens (primary N) is 1. The lowest BCUT2D eigenvalue weighted by atomic mass is 10.2. The number of nitrogens with one attached hydrogen (secondary N) is 1. The van der Waals surface area contributed by atoms with Crippen molar-refractivity contribution in [3.05, 3.63) is 29.2 Å². The van der Waals surface area contributed by atoms with E-state index in [1.54, 1.807) is 27.0 Å². The molecule has 0 radical (unpaired) electrons. The number of hydrogen-bond acceptors (Lipinski definition) is 5. The Morgan fingerprint density at radius 2 is 2.11 bits per heavy atom. The van der Waals surface area contributed by atoms with Gasteiger partial charge in [0, 0.05) is 7.05 Å². The SMILES string of the molecule is Cc1cc(C(=O)Nc2c(N)cnn2C)c(C)nn1. The summed E-state index contributed by atoms with van der Waals surface area (Å²) in [5, 5.41) is 14.5. The van der Waals surface area contributed by atoms with Crippen molar-refractivity contribution in [2.75, 3.05) is 11.1 Å². The molecule has 2 rings (SSSR count). The van der Waals surface area contributed by atoms with Crippen molar-refractivity contribution in [2.45, 2.75) is 13.8 Å². The quantitative estimate of drug-likeness (QED) is 0.811. The maximum absolute atomic E-state index is 12.1. The summed E-state index contributed by atoms with van der Waals surface area (Å²) >= 11 is 0. The largest absolute Gasteiger partial charge is 0.394 e. The van der Waals surface area contributed by atoms with E-state index in [-0.39, 0.29) is 5.91 Å². The van der Waals surface area contributed by atoms with Gasteiger partial charge in [0.2, 0.25) is 0 Å². The van der Waals surface area contributed by atoms with Crippen LogP contribution in [-0.2, 0) is 7.05 Å². The van der Waals surface area contributed by atoms with Crippen LogP contribution < -0.4 is 11.1 Å². The lowest BCUT2D eigenvalue weighted by Crippen LogP contribution is -2.17. The van der Waals surface area contributed by atoms with Crippen molar-refractivity contribution < 1.29 is 4.79 Å². The summed E-state index contributed by atoms with van der Waals surface area (Å²) in [5.41, 5.74) is 7.86. The summed E-state index contributed by atoms with van der Waals surface area (Å²) in [6.07, 6.45) is 1.48. The van der Waals surface area contributed by atoms with E-state index in [1.165, 1.54) is 10.9 Å². The molecule has 2 aromatic heterocycles. The van der Waals surface area contributed by atoms with Gasteiger partial charge in [-0.2, -0.15) is 15.3 Å². The molecule has 0 aliphatic carbocycles. The van der Waals surface area contributed by atoms with Crippen LogP contribution in [0.15, 0.2) is 12.3 Å². The minimum atomic E-state index is -0.277. The van der Waals surface area contributed by atoms with E-state index < -0.39 is 0 Å². The third-order valence-corrected chi connectivity index (χ3v) is 2.54. The van der Waals surface area contributed by atoms with Gasteiger partial charge >= 0.3 is 0 Å². The van der Waals surface area contributed by atoms with Crippen molar-refractivity contribution in [3.8, 4) is 0 Å². The molecule has 0 fully saturated rings. The second-order valence-corrected chi connectivity index (χ2v) is 4.01. The maximum atomic E-state index is 12.1. The van der Waals surface area contributed by atoms with E-state index >= 15 is 0 Å². The Kier molecular flexibility index (Phi) is 2.97. The van der Waals surface area contributed by atoms with E-state index in [4.69, 9.17) is 5.73 Å². The Morgan fingerprint density at radius 1 is 1.39 bits per heavy atom. The normalized spacial score (nSPS) is 10.4. The number of nitrogens with zero attached hydrogens (tertiary/aromatic N) is 4. The summed E-state index contributed by atoms with van der Waals surface area (Å²) in [6, 6.07) is 1.68. The van der Waals surface area contributed by atoms with Gasteiger partial charge in [-0.3, -0.25) is 9.48 Å². The van der Waals surface area contributed by atoms with Gasteiger partial charge in [0.15, 0.2) is 5.82 Å². The number of aromatic nitrogens is 4. The highest BCUT2D eigenvalue weighted by molar-refractivity contribution is 6.05. The summed E-state index contributed by atoms with van der Waals surface area (Å²) in [7, 11) is 1.70. The third kappa shape index (κ3) is 2.15. The molecule has 0 aromatic carbocycles. The number of nitrogen functional groups attached to an aromatic ring is 1. The molecule has 2 heterocycles. The van der Waals surface area contributed by atoms with Crippen LogP contribution in [0.3, 0.4) is 0 Å². The topological polar surface area (TPSA) is 98.7 Å². The number of carbonyl (C=O) groups excluding carboxylic acids is 1. The molecule has 0 aliphatic rings. The zero-order valence-electron chi connectivity index (χ0n) is 10.4. The fraction of sp³-hybridized carbons (Fsp3) is 0.273. The Hall–Kier alpha value is -2.44. The molecule has 2 aromatic rings. The first-order valence-corrected chi connectivity index (χ1v) is 5.39. The van der Waals surface area contributed by atoms with E-state index in [2.05, 4.69) is 20.6 Å². The highest BCUT2D eigenvalue weighted by Crippen LogP contribution is 2.17. The Labute approximate surface area is 104 Å². The predicted molar refractivity (Wildman–Crippen MR) is 67.1 cm³/mol. The number of anilines is 2.